The standard InChI is InChI=1S/C21H30N2O/c1-5-15-17(7-3)21(22,23)18(8-4)16(6-2)19(15)20(24)14-12-10-9-11-13-14/h9-13,17H,5-8,22-23H2,1-4H3. The molecule has 0 amide bonds. The van der Waals surface area contributed by atoms with E-state index in [0.29, 0.717) is 0 Å². The van der Waals surface area contributed by atoms with Crippen LogP contribution in [0.4, 0.5) is 0 Å². The predicted octanol–water partition coefficient (Wildman–Crippen LogP) is 4.35. The highest BCUT2D eigenvalue weighted by Gasteiger charge is 2.42. The van der Waals surface area contributed by atoms with Gasteiger partial charge in [-0.15, -0.1) is 0 Å². The minimum absolute atomic E-state index is 0.00964. The van der Waals surface area contributed by atoms with Gasteiger partial charge in [-0.05, 0) is 36.8 Å². The van der Waals surface area contributed by atoms with Crippen LogP contribution in [0.25, 0.3) is 0 Å². The molecule has 0 aromatic heterocycles. The van der Waals surface area contributed by atoms with Crippen molar-refractivity contribution in [2.75, 3.05) is 0 Å². The van der Waals surface area contributed by atoms with Crippen molar-refractivity contribution in [1.82, 2.24) is 0 Å². The summed E-state index contributed by atoms with van der Waals surface area (Å²) in [5, 5.41) is 0. The molecule has 1 aliphatic rings. The van der Waals surface area contributed by atoms with Crippen molar-refractivity contribution in [2.24, 2.45) is 17.4 Å². The molecule has 0 radical (unpaired) electrons. The molecule has 3 nitrogen and oxygen atoms in total. The van der Waals surface area contributed by atoms with Crippen LogP contribution in [0.2, 0.25) is 0 Å². The first kappa shape index (κ1) is 18.6. The summed E-state index contributed by atoms with van der Waals surface area (Å²) in [7, 11) is 0. The van der Waals surface area contributed by atoms with E-state index < -0.39 is 5.66 Å². The van der Waals surface area contributed by atoms with Crippen LogP contribution < -0.4 is 11.5 Å². The second-order valence-electron chi connectivity index (χ2n) is 6.51. The van der Waals surface area contributed by atoms with Crippen molar-refractivity contribution in [2.45, 2.75) is 59.0 Å². The van der Waals surface area contributed by atoms with Gasteiger partial charge < -0.3 is 11.5 Å². The molecule has 0 spiro atoms. The van der Waals surface area contributed by atoms with E-state index in [2.05, 4.69) is 27.7 Å². The molecule has 1 aromatic carbocycles. The molecule has 0 saturated heterocycles. The Balaban J connectivity index is 2.74. The summed E-state index contributed by atoms with van der Waals surface area (Å²) in [5.41, 5.74) is 17.1. The van der Waals surface area contributed by atoms with E-state index in [4.69, 9.17) is 11.5 Å². The van der Waals surface area contributed by atoms with Crippen LogP contribution in [-0.2, 0) is 0 Å². The predicted molar refractivity (Wildman–Crippen MR) is 101 cm³/mol. The Hall–Kier alpha value is -1.71. The highest BCUT2D eigenvalue weighted by atomic mass is 16.1. The van der Waals surface area contributed by atoms with Crippen molar-refractivity contribution in [1.29, 1.82) is 0 Å². The normalized spacial score (nSPS) is 20.5. The number of rotatable bonds is 6. The Morgan fingerprint density at radius 2 is 1.62 bits per heavy atom. The van der Waals surface area contributed by atoms with Gasteiger partial charge >= 0.3 is 0 Å². The van der Waals surface area contributed by atoms with Gasteiger partial charge in [-0.1, -0.05) is 63.6 Å². The monoisotopic (exact) mass is 326 g/mol. The summed E-state index contributed by atoms with van der Waals surface area (Å²) in [5.74, 6) is 0.111. The molecule has 2 rings (SSSR count). The van der Waals surface area contributed by atoms with E-state index in [1.165, 1.54) is 0 Å². The van der Waals surface area contributed by atoms with Gasteiger partial charge in [0.15, 0.2) is 5.78 Å². The summed E-state index contributed by atoms with van der Waals surface area (Å²) in [4.78, 5) is 13.3. The van der Waals surface area contributed by atoms with Crippen molar-refractivity contribution in [3.8, 4) is 0 Å². The highest BCUT2D eigenvalue weighted by molar-refractivity contribution is 6.12. The average molecular weight is 326 g/mol. The zero-order valence-corrected chi connectivity index (χ0v) is 15.4. The lowest BCUT2D eigenvalue weighted by Crippen LogP contribution is -2.59. The van der Waals surface area contributed by atoms with E-state index in [9.17, 15) is 4.79 Å². The molecule has 130 valence electrons. The topological polar surface area (TPSA) is 69.1 Å². The van der Waals surface area contributed by atoms with E-state index in [1.54, 1.807) is 0 Å². The average Bonchev–Trinajstić information content (AvgIpc) is 2.59. The zero-order valence-electron chi connectivity index (χ0n) is 15.4. The number of Topliss-reactive ketones (excluding diaryl/α,β-unsaturated/α-hetero) is 1. The first-order chi connectivity index (χ1) is 11.4. The molecule has 24 heavy (non-hydrogen) atoms. The Morgan fingerprint density at radius 1 is 1.00 bits per heavy atom. The Morgan fingerprint density at radius 3 is 2.08 bits per heavy atom. The maximum absolute atomic E-state index is 13.3. The molecular formula is C21H30N2O. The molecule has 0 saturated carbocycles. The van der Waals surface area contributed by atoms with Crippen LogP contribution in [-0.4, -0.2) is 11.4 Å². The molecule has 1 atom stereocenters. The van der Waals surface area contributed by atoms with Crippen LogP contribution in [0, 0.1) is 5.92 Å². The lowest BCUT2D eigenvalue weighted by atomic mass is 9.67. The lowest BCUT2D eigenvalue weighted by molar-refractivity contribution is 0.103. The second kappa shape index (κ2) is 7.45. The van der Waals surface area contributed by atoms with Gasteiger partial charge in [-0.3, -0.25) is 4.79 Å². The maximum Gasteiger partial charge on any atom is 0.193 e. The Labute approximate surface area is 145 Å². The van der Waals surface area contributed by atoms with Gasteiger partial charge in [0, 0.05) is 17.1 Å². The molecule has 0 fully saturated rings. The SMILES string of the molecule is CCC1=C(CC)C(N)(N)C(CC)C(CC)=C1C(=O)c1ccccc1. The van der Waals surface area contributed by atoms with E-state index in [1.807, 2.05) is 30.3 Å². The largest absolute Gasteiger partial charge is 0.309 e. The van der Waals surface area contributed by atoms with Crippen LogP contribution in [0.15, 0.2) is 52.6 Å². The smallest absolute Gasteiger partial charge is 0.193 e. The number of ketones is 1. The summed E-state index contributed by atoms with van der Waals surface area (Å²) >= 11 is 0. The lowest BCUT2D eigenvalue weighted by Gasteiger charge is -2.43. The number of allylic oxidation sites excluding steroid dienone is 2. The van der Waals surface area contributed by atoms with Gasteiger partial charge in [-0.25, -0.2) is 0 Å². The minimum Gasteiger partial charge on any atom is -0.309 e. The fourth-order valence-electron chi connectivity index (χ4n) is 4.21. The van der Waals surface area contributed by atoms with Gasteiger partial charge in [0.25, 0.3) is 0 Å². The van der Waals surface area contributed by atoms with Crippen LogP contribution >= 0.6 is 0 Å². The van der Waals surface area contributed by atoms with Gasteiger partial charge in [0.1, 0.15) is 0 Å². The molecule has 0 aliphatic heterocycles. The summed E-state index contributed by atoms with van der Waals surface area (Å²) < 4.78 is 0. The summed E-state index contributed by atoms with van der Waals surface area (Å²) in [6.45, 7) is 8.35. The molecule has 1 aliphatic carbocycles. The van der Waals surface area contributed by atoms with E-state index in [-0.39, 0.29) is 11.7 Å². The van der Waals surface area contributed by atoms with Gasteiger partial charge in [0.05, 0.1) is 5.66 Å². The third kappa shape index (κ3) is 2.99. The molecule has 1 unspecified atom stereocenters. The molecular weight excluding hydrogens is 296 g/mol. The first-order valence-corrected chi connectivity index (χ1v) is 9.07. The summed E-state index contributed by atoms with van der Waals surface area (Å²) in [6, 6.07) is 9.52. The van der Waals surface area contributed by atoms with Crippen molar-refractivity contribution >= 4 is 5.78 Å². The second-order valence-corrected chi connectivity index (χ2v) is 6.51. The number of nitrogens with two attached hydrogens (primary N) is 2. The molecule has 0 bridgehead atoms. The van der Waals surface area contributed by atoms with Crippen molar-refractivity contribution in [3.63, 3.8) is 0 Å². The maximum atomic E-state index is 13.3. The van der Waals surface area contributed by atoms with E-state index in [0.717, 1.165) is 53.5 Å². The van der Waals surface area contributed by atoms with Crippen LogP contribution in [0.5, 0.6) is 0 Å². The van der Waals surface area contributed by atoms with Crippen molar-refractivity contribution < 1.29 is 4.79 Å². The minimum atomic E-state index is -0.860. The Bertz CT molecular complexity index is 668. The number of hydrogen-bond donors (Lipinski definition) is 2. The van der Waals surface area contributed by atoms with Crippen LogP contribution in [0.1, 0.15) is 63.7 Å². The van der Waals surface area contributed by atoms with E-state index >= 15 is 0 Å². The number of hydrogen-bond acceptors (Lipinski definition) is 3. The third-order valence-corrected chi connectivity index (χ3v) is 5.27. The zero-order chi connectivity index (χ0) is 17.9. The molecule has 3 heteroatoms. The van der Waals surface area contributed by atoms with Crippen LogP contribution in [0.3, 0.4) is 0 Å². The molecule has 4 N–H and O–H groups in total. The third-order valence-electron chi connectivity index (χ3n) is 5.27. The summed E-state index contributed by atoms with van der Waals surface area (Å²) in [6.07, 6.45) is 3.17. The fraction of sp³-hybridized carbons (Fsp3) is 0.476. The fourth-order valence-corrected chi connectivity index (χ4v) is 4.21. The Kier molecular flexibility index (Phi) is 5.79. The number of carbonyl (C=O) groups excluding carboxylic acids is 1. The first-order valence-electron chi connectivity index (χ1n) is 9.07. The van der Waals surface area contributed by atoms with Crippen molar-refractivity contribution in [3.05, 3.63) is 58.2 Å². The van der Waals surface area contributed by atoms with Gasteiger partial charge in [0.2, 0.25) is 0 Å². The molecule has 0 heterocycles. The number of carbonyl (C=O) groups is 1. The highest BCUT2D eigenvalue weighted by Crippen LogP contribution is 2.44. The number of benzene rings is 1. The molecule has 1 aromatic rings. The van der Waals surface area contributed by atoms with Gasteiger partial charge in [-0.2, -0.15) is 0 Å². The quantitative estimate of drug-likeness (QED) is 0.603.